The predicted octanol–water partition coefficient (Wildman–Crippen LogP) is 2.74. The molecule has 2 aromatic rings. The molecule has 1 aromatic heterocycles. The summed E-state index contributed by atoms with van der Waals surface area (Å²) >= 11 is 5.56. The van der Waals surface area contributed by atoms with Crippen LogP contribution >= 0.6 is 11.6 Å². The molecule has 0 bridgehead atoms. The number of rotatable bonds is 2. The van der Waals surface area contributed by atoms with E-state index in [0.29, 0.717) is 5.75 Å². The molecule has 0 fully saturated rings. The summed E-state index contributed by atoms with van der Waals surface area (Å²) in [4.78, 5) is 0. The highest BCUT2D eigenvalue weighted by atomic mass is 35.5. The molecule has 0 amide bonds. The maximum atomic E-state index is 9.52. The molecular formula is C11H8ClN2O2. The van der Waals surface area contributed by atoms with Gasteiger partial charge in [-0.05, 0) is 30.7 Å². The number of nitrogens with zero attached hydrogens (tertiary/aromatic N) is 2. The van der Waals surface area contributed by atoms with Crippen molar-refractivity contribution >= 4 is 11.6 Å². The monoisotopic (exact) mass is 235 g/mol. The van der Waals surface area contributed by atoms with E-state index in [0.717, 1.165) is 5.56 Å². The molecule has 1 heterocycles. The second-order valence-corrected chi connectivity index (χ2v) is 3.54. The lowest BCUT2D eigenvalue weighted by Crippen LogP contribution is -1.92. The normalized spacial score (nSPS) is 10.1. The van der Waals surface area contributed by atoms with Crippen LogP contribution in [-0.4, -0.2) is 15.3 Å². The lowest BCUT2D eigenvalue weighted by molar-refractivity contribution is 0.390. The van der Waals surface area contributed by atoms with E-state index < -0.39 is 0 Å². The van der Waals surface area contributed by atoms with Gasteiger partial charge in [-0.1, -0.05) is 17.7 Å². The van der Waals surface area contributed by atoms with E-state index >= 15 is 0 Å². The van der Waals surface area contributed by atoms with Crippen molar-refractivity contribution in [2.45, 2.75) is 6.92 Å². The number of ether oxygens (including phenoxy) is 1. The van der Waals surface area contributed by atoms with Gasteiger partial charge in [-0.15, -0.1) is 10.2 Å². The fourth-order valence-electron chi connectivity index (χ4n) is 1.14. The topological polar surface area (TPSA) is 55.2 Å². The Labute approximate surface area is 97.5 Å². The van der Waals surface area contributed by atoms with Crippen molar-refractivity contribution in [3.8, 4) is 17.4 Å². The van der Waals surface area contributed by atoms with Crippen LogP contribution in [0.4, 0.5) is 0 Å². The molecule has 0 aliphatic carbocycles. The van der Waals surface area contributed by atoms with Crippen molar-refractivity contribution in [3.63, 3.8) is 0 Å². The Balaban J connectivity index is 2.31. The van der Waals surface area contributed by atoms with Gasteiger partial charge < -0.3 is 9.84 Å². The number of hydrogen-bond acceptors (Lipinski definition) is 4. The molecule has 1 radical (unpaired) electrons. The number of aromatic nitrogens is 2. The van der Waals surface area contributed by atoms with Gasteiger partial charge in [0.05, 0.1) is 0 Å². The minimum atomic E-state index is -0.146. The zero-order valence-electron chi connectivity index (χ0n) is 8.44. The van der Waals surface area contributed by atoms with Crippen LogP contribution in [0.1, 0.15) is 5.56 Å². The second-order valence-electron chi connectivity index (χ2n) is 3.15. The maximum Gasteiger partial charge on any atom is 0.281 e. The Bertz CT molecular complexity index is 517. The molecule has 0 atom stereocenters. The Morgan fingerprint density at radius 2 is 2.25 bits per heavy atom. The minimum Gasteiger partial charge on any atom is -0.503 e. The zero-order chi connectivity index (χ0) is 11.5. The molecule has 0 unspecified atom stereocenters. The molecule has 2 rings (SSSR count). The first-order valence-electron chi connectivity index (χ1n) is 4.53. The lowest BCUT2D eigenvalue weighted by atomic mass is 10.2. The average molecular weight is 236 g/mol. The van der Waals surface area contributed by atoms with Gasteiger partial charge in [0.25, 0.3) is 5.88 Å². The highest BCUT2D eigenvalue weighted by Gasteiger charge is 2.08. The third-order valence-electron chi connectivity index (χ3n) is 1.94. The Morgan fingerprint density at radius 1 is 1.44 bits per heavy atom. The molecule has 0 spiro atoms. The summed E-state index contributed by atoms with van der Waals surface area (Å²) in [5, 5.41) is 16.9. The van der Waals surface area contributed by atoms with Gasteiger partial charge in [-0.2, -0.15) is 0 Å². The van der Waals surface area contributed by atoms with Gasteiger partial charge in [-0.25, -0.2) is 0 Å². The number of benzene rings is 1. The molecule has 0 saturated heterocycles. The molecule has 81 valence electrons. The highest BCUT2D eigenvalue weighted by molar-refractivity contribution is 6.29. The quantitative estimate of drug-likeness (QED) is 0.870. The molecule has 0 saturated carbocycles. The molecular weight excluding hydrogens is 228 g/mol. The van der Waals surface area contributed by atoms with E-state index in [1.54, 1.807) is 18.2 Å². The first kappa shape index (κ1) is 10.7. The van der Waals surface area contributed by atoms with Gasteiger partial charge >= 0.3 is 0 Å². The predicted molar refractivity (Wildman–Crippen MR) is 58.8 cm³/mol. The van der Waals surface area contributed by atoms with Crippen molar-refractivity contribution in [2.75, 3.05) is 0 Å². The van der Waals surface area contributed by atoms with Gasteiger partial charge in [0.1, 0.15) is 5.75 Å². The number of hydrogen-bond donors (Lipinski definition) is 1. The number of aromatic hydroxyl groups is 1. The van der Waals surface area contributed by atoms with Crippen LogP contribution in [0, 0.1) is 13.0 Å². The second kappa shape index (κ2) is 4.37. The fourth-order valence-corrected chi connectivity index (χ4v) is 1.28. The summed E-state index contributed by atoms with van der Waals surface area (Å²) in [6.45, 7) is 1.87. The average Bonchev–Trinajstić information content (AvgIpc) is 2.25. The summed E-state index contributed by atoms with van der Waals surface area (Å²) in [5.41, 5.74) is 0.888. The standard InChI is InChI=1S/C11H8ClN2O2/c1-7-4-2-3-5-9(7)16-11-8(15)6-10(12)13-14-11/h3-6H,1H3,(H,13,15). The van der Waals surface area contributed by atoms with Gasteiger partial charge in [0, 0.05) is 6.07 Å². The van der Waals surface area contributed by atoms with Crippen LogP contribution < -0.4 is 4.74 Å². The van der Waals surface area contributed by atoms with Crippen LogP contribution in [0.2, 0.25) is 5.15 Å². The molecule has 1 N–H and O–H groups in total. The first-order chi connectivity index (χ1) is 7.66. The summed E-state index contributed by atoms with van der Waals surface area (Å²) in [7, 11) is 0. The minimum absolute atomic E-state index is 0.0266. The van der Waals surface area contributed by atoms with E-state index in [2.05, 4.69) is 16.3 Å². The van der Waals surface area contributed by atoms with Crippen molar-refractivity contribution in [1.29, 1.82) is 0 Å². The molecule has 1 aromatic carbocycles. The van der Waals surface area contributed by atoms with Crippen LogP contribution in [0.3, 0.4) is 0 Å². The number of halogens is 1. The van der Waals surface area contributed by atoms with E-state index in [1.165, 1.54) is 6.07 Å². The van der Waals surface area contributed by atoms with Crippen molar-refractivity contribution in [2.24, 2.45) is 0 Å². The third kappa shape index (κ3) is 2.23. The van der Waals surface area contributed by atoms with Crippen molar-refractivity contribution in [1.82, 2.24) is 10.2 Å². The number of aryl methyl sites for hydroxylation is 1. The Morgan fingerprint density at radius 3 is 2.94 bits per heavy atom. The van der Waals surface area contributed by atoms with Crippen LogP contribution in [0.5, 0.6) is 17.4 Å². The molecule has 5 heteroatoms. The van der Waals surface area contributed by atoms with Gasteiger partial charge in [0.15, 0.2) is 10.9 Å². The van der Waals surface area contributed by atoms with Crippen LogP contribution in [-0.2, 0) is 0 Å². The molecule has 4 nitrogen and oxygen atoms in total. The van der Waals surface area contributed by atoms with E-state index in [1.807, 2.05) is 6.92 Å². The Kier molecular flexibility index (Phi) is 2.92. The SMILES string of the molecule is Cc1c[c]ccc1Oc1nnc(Cl)cc1O. The van der Waals surface area contributed by atoms with Crippen molar-refractivity contribution < 1.29 is 9.84 Å². The van der Waals surface area contributed by atoms with Crippen LogP contribution in [0.15, 0.2) is 24.3 Å². The van der Waals surface area contributed by atoms with Crippen molar-refractivity contribution in [3.05, 3.63) is 41.0 Å². The smallest absolute Gasteiger partial charge is 0.281 e. The summed E-state index contributed by atoms with van der Waals surface area (Å²) in [6, 6.07) is 9.39. The summed E-state index contributed by atoms with van der Waals surface area (Å²) in [5.74, 6) is 0.469. The molecule has 0 aliphatic rings. The first-order valence-corrected chi connectivity index (χ1v) is 4.91. The van der Waals surface area contributed by atoms with Gasteiger partial charge in [-0.3, -0.25) is 0 Å². The molecule has 0 aliphatic heterocycles. The zero-order valence-corrected chi connectivity index (χ0v) is 9.19. The van der Waals surface area contributed by atoms with E-state index in [-0.39, 0.29) is 16.8 Å². The largest absolute Gasteiger partial charge is 0.503 e. The Hall–Kier alpha value is -1.81. The lowest BCUT2D eigenvalue weighted by Gasteiger charge is -2.07. The molecule has 16 heavy (non-hydrogen) atoms. The maximum absolute atomic E-state index is 9.52. The summed E-state index contributed by atoms with van der Waals surface area (Å²) in [6.07, 6.45) is 0. The highest BCUT2D eigenvalue weighted by Crippen LogP contribution is 2.30. The fraction of sp³-hybridized carbons (Fsp3) is 0.0909. The van der Waals surface area contributed by atoms with E-state index in [4.69, 9.17) is 16.3 Å². The third-order valence-corrected chi connectivity index (χ3v) is 2.12. The van der Waals surface area contributed by atoms with E-state index in [9.17, 15) is 5.11 Å². The van der Waals surface area contributed by atoms with Crippen LogP contribution in [0.25, 0.3) is 0 Å². The summed E-state index contributed by atoms with van der Waals surface area (Å²) < 4.78 is 5.39. The van der Waals surface area contributed by atoms with Gasteiger partial charge in [0.2, 0.25) is 0 Å².